The fourth-order valence-electron chi connectivity index (χ4n) is 1.90. The lowest BCUT2D eigenvalue weighted by atomic mass is 10.2. The highest BCUT2D eigenvalue weighted by Crippen LogP contribution is 2.30. The Hall–Kier alpha value is -0.0231. The normalized spacial score (nSPS) is 14.3. The fourth-order valence-corrected chi connectivity index (χ4v) is 4.38. The van der Waals surface area contributed by atoms with E-state index < -0.39 is 8.80 Å². The molecule has 6 nitrogen and oxygen atoms in total. The Morgan fingerprint density at radius 3 is 1.71 bits per heavy atom. The van der Waals surface area contributed by atoms with Gasteiger partial charge in [0.2, 0.25) is 0 Å². The van der Waals surface area contributed by atoms with Crippen molar-refractivity contribution < 1.29 is 23.0 Å². The molecule has 104 valence electrons. The first-order chi connectivity index (χ1) is 8.13. The summed E-state index contributed by atoms with van der Waals surface area (Å²) in [5.41, 5.74) is 0.218. The van der Waals surface area contributed by atoms with Crippen LogP contribution in [0.2, 0.25) is 5.54 Å². The lowest BCUT2D eigenvalue weighted by Gasteiger charge is -2.32. The van der Waals surface area contributed by atoms with Crippen molar-refractivity contribution >= 4 is 8.80 Å². The zero-order valence-corrected chi connectivity index (χ0v) is 12.7. The van der Waals surface area contributed by atoms with Gasteiger partial charge in [-0.05, 0) is 12.8 Å². The summed E-state index contributed by atoms with van der Waals surface area (Å²) in [6.45, 7) is 2.73. The molecule has 0 aromatic heterocycles. The maximum absolute atomic E-state index is 5.48. The van der Waals surface area contributed by atoms with Crippen LogP contribution >= 0.6 is 0 Å². The Morgan fingerprint density at radius 1 is 0.941 bits per heavy atom. The molecule has 0 aliphatic rings. The monoisotopic (exact) mass is 267 g/mol. The van der Waals surface area contributed by atoms with E-state index in [0.29, 0.717) is 6.54 Å². The zero-order chi connectivity index (χ0) is 13.3. The minimum atomic E-state index is -2.58. The molecule has 0 spiro atoms. The third-order valence-corrected chi connectivity index (χ3v) is 6.32. The van der Waals surface area contributed by atoms with Gasteiger partial charge in [0.15, 0.2) is 0 Å². The molecule has 0 bridgehead atoms. The molecule has 0 aliphatic heterocycles. The van der Waals surface area contributed by atoms with Crippen LogP contribution in [0.1, 0.15) is 19.8 Å². The van der Waals surface area contributed by atoms with Crippen LogP contribution < -0.4 is 0 Å². The van der Waals surface area contributed by atoms with Crippen LogP contribution in [-0.4, -0.2) is 56.1 Å². The molecule has 0 fully saturated rings. The molecule has 0 heterocycles. The first-order valence-corrected chi connectivity index (χ1v) is 7.45. The minimum absolute atomic E-state index is 0.218. The topological polar surface area (TPSA) is 49.4 Å². The molecule has 0 amide bonds. The molecule has 0 aromatic carbocycles. The van der Waals surface area contributed by atoms with Gasteiger partial charge in [-0.3, -0.25) is 9.68 Å². The lowest BCUT2D eigenvalue weighted by Crippen LogP contribution is -2.48. The SMILES string of the molecule is CCC(CCN(OC)OC)[Si](OC)(OC)OC. The van der Waals surface area contributed by atoms with Crippen LogP contribution in [0, 0.1) is 0 Å². The molecule has 0 saturated carbocycles. The molecule has 0 N–H and O–H groups in total. The summed E-state index contributed by atoms with van der Waals surface area (Å²) in [6.07, 6.45) is 1.74. The summed E-state index contributed by atoms with van der Waals surface area (Å²) in [5, 5.41) is 1.42. The molecule has 17 heavy (non-hydrogen) atoms. The molecule has 7 heteroatoms. The number of nitrogens with zero attached hydrogens (tertiary/aromatic N) is 1. The number of hydroxylamine groups is 2. The van der Waals surface area contributed by atoms with Gasteiger partial charge < -0.3 is 13.3 Å². The molecule has 0 rings (SSSR count). The van der Waals surface area contributed by atoms with Gasteiger partial charge in [0.25, 0.3) is 0 Å². The van der Waals surface area contributed by atoms with Gasteiger partial charge in [-0.25, -0.2) is 0 Å². The van der Waals surface area contributed by atoms with E-state index in [2.05, 4.69) is 6.92 Å². The second-order valence-electron chi connectivity index (χ2n) is 3.53. The van der Waals surface area contributed by atoms with Crippen molar-refractivity contribution in [2.75, 3.05) is 42.1 Å². The van der Waals surface area contributed by atoms with Gasteiger partial charge in [0, 0.05) is 26.9 Å². The minimum Gasteiger partial charge on any atom is -0.377 e. The van der Waals surface area contributed by atoms with E-state index in [9.17, 15) is 0 Å². The highest BCUT2D eigenvalue weighted by Gasteiger charge is 2.46. The van der Waals surface area contributed by atoms with Crippen LogP contribution in [-0.2, 0) is 23.0 Å². The molecule has 0 saturated heterocycles. The maximum atomic E-state index is 5.48. The Labute approximate surface area is 105 Å². The van der Waals surface area contributed by atoms with Gasteiger partial charge in [-0.15, -0.1) is 0 Å². The average molecular weight is 267 g/mol. The number of rotatable bonds is 10. The van der Waals surface area contributed by atoms with Gasteiger partial charge in [-0.2, -0.15) is 0 Å². The van der Waals surface area contributed by atoms with Gasteiger partial charge in [0.1, 0.15) is 0 Å². The van der Waals surface area contributed by atoms with E-state index in [0.717, 1.165) is 12.8 Å². The van der Waals surface area contributed by atoms with Gasteiger partial charge in [-0.1, -0.05) is 12.2 Å². The van der Waals surface area contributed by atoms with E-state index in [1.165, 1.54) is 5.23 Å². The smallest absolute Gasteiger partial charge is 0.377 e. The van der Waals surface area contributed by atoms with Crippen LogP contribution in [0.4, 0.5) is 0 Å². The fraction of sp³-hybridized carbons (Fsp3) is 1.00. The zero-order valence-electron chi connectivity index (χ0n) is 11.7. The van der Waals surface area contributed by atoms with E-state index in [1.54, 1.807) is 35.5 Å². The largest absolute Gasteiger partial charge is 0.503 e. The summed E-state index contributed by atoms with van der Waals surface area (Å²) in [6, 6.07) is 0. The Bertz CT molecular complexity index is 179. The van der Waals surface area contributed by atoms with Gasteiger partial charge in [0.05, 0.1) is 20.8 Å². The molecule has 0 radical (unpaired) electrons. The molecule has 0 aliphatic carbocycles. The Kier molecular flexibility index (Phi) is 8.97. The second-order valence-corrected chi connectivity index (χ2v) is 6.78. The Morgan fingerprint density at radius 2 is 1.41 bits per heavy atom. The maximum Gasteiger partial charge on any atom is 0.503 e. The standard InChI is InChI=1S/C10H25NO5Si/c1-7-10(8-9-11(12-2)13-3)17(14-4,15-5)16-6/h10H,7-9H2,1-6H3. The van der Waals surface area contributed by atoms with Gasteiger partial charge >= 0.3 is 8.80 Å². The Balaban J connectivity index is 4.48. The highest BCUT2D eigenvalue weighted by atomic mass is 28.4. The second kappa shape index (κ2) is 8.98. The van der Waals surface area contributed by atoms with Crippen LogP contribution in [0.15, 0.2) is 0 Å². The molecule has 1 atom stereocenters. The summed E-state index contributed by atoms with van der Waals surface area (Å²) in [4.78, 5) is 10.0. The van der Waals surface area contributed by atoms with Crippen LogP contribution in [0.25, 0.3) is 0 Å². The van der Waals surface area contributed by atoms with Crippen molar-refractivity contribution in [2.24, 2.45) is 0 Å². The third-order valence-electron chi connectivity index (χ3n) is 2.91. The van der Waals surface area contributed by atoms with Crippen LogP contribution in [0.5, 0.6) is 0 Å². The molecular weight excluding hydrogens is 242 g/mol. The van der Waals surface area contributed by atoms with Crippen molar-refractivity contribution in [3.63, 3.8) is 0 Å². The van der Waals surface area contributed by atoms with E-state index in [-0.39, 0.29) is 5.54 Å². The summed E-state index contributed by atoms with van der Waals surface area (Å²) in [5.74, 6) is 0. The average Bonchev–Trinajstić information content (AvgIpc) is 2.39. The van der Waals surface area contributed by atoms with E-state index >= 15 is 0 Å². The van der Waals surface area contributed by atoms with Crippen molar-refractivity contribution in [1.82, 2.24) is 5.23 Å². The molecular formula is C10H25NO5Si. The number of hydrogen-bond donors (Lipinski definition) is 0. The first kappa shape index (κ1) is 17.0. The quantitative estimate of drug-likeness (QED) is 0.441. The van der Waals surface area contributed by atoms with E-state index in [1.807, 2.05) is 0 Å². The summed E-state index contributed by atoms with van der Waals surface area (Å²) >= 11 is 0. The van der Waals surface area contributed by atoms with Crippen LogP contribution in [0.3, 0.4) is 0 Å². The lowest BCUT2D eigenvalue weighted by molar-refractivity contribution is -0.342. The van der Waals surface area contributed by atoms with Crippen molar-refractivity contribution in [1.29, 1.82) is 0 Å². The summed E-state index contributed by atoms with van der Waals surface area (Å²) < 4.78 is 16.4. The van der Waals surface area contributed by atoms with Crippen molar-refractivity contribution in [3.8, 4) is 0 Å². The molecule has 1 unspecified atom stereocenters. The highest BCUT2D eigenvalue weighted by molar-refractivity contribution is 6.62. The summed E-state index contributed by atoms with van der Waals surface area (Å²) in [7, 11) is 5.45. The third kappa shape index (κ3) is 4.63. The number of hydrogen-bond acceptors (Lipinski definition) is 6. The predicted molar refractivity (Wildman–Crippen MR) is 66.2 cm³/mol. The van der Waals surface area contributed by atoms with Crippen molar-refractivity contribution in [2.45, 2.75) is 25.3 Å². The first-order valence-electron chi connectivity index (χ1n) is 5.65. The predicted octanol–water partition coefficient (Wildman–Crippen LogP) is 1.46. The van der Waals surface area contributed by atoms with Crippen molar-refractivity contribution in [3.05, 3.63) is 0 Å². The van der Waals surface area contributed by atoms with E-state index in [4.69, 9.17) is 23.0 Å². The molecule has 0 aromatic rings.